The van der Waals surface area contributed by atoms with Gasteiger partial charge in [-0.3, -0.25) is 9.78 Å². The van der Waals surface area contributed by atoms with E-state index >= 15 is 0 Å². The number of carbonyl (C=O) groups is 1. The van der Waals surface area contributed by atoms with Crippen LogP contribution in [0.3, 0.4) is 0 Å². The van der Waals surface area contributed by atoms with Crippen LogP contribution in [-0.4, -0.2) is 59.9 Å². The summed E-state index contributed by atoms with van der Waals surface area (Å²) in [6, 6.07) is 12.1. The smallest absolute Gasteiger partial charge is 0.234 e. The fraction of sp³-hybridized carbons (Fsp3) is 0.423. The molecule has 8 heteroatoms. The van der Waals surface area contributed by atoms with Gasteiger partial charge in [-0.1, -0.05) is 13.0 Å². The summed E-state index contributed by atoms with van der Waals surface area (Å²) >= 11 is 1.61. The molecule has 0 bridgehead atoms. The Hall–Kier alpha value is -2.84. The van der Waals surface area contributed by atoms with Crippen molar-refractivity contribution < 1.29 is 14.3 Å². The van der Waals surface area contributed by atoms with Crippen molar-refractivity contribution in [3.05, 3.63) is 48.2 Å². The van der Waals surface area contributed by atoms with E-state index in [1.165, 1.54) is 5.56 Å². The molecule has 1 unspecified atom stereocenters. The number of nitrogens with one attached hydrogen (secondary N) is 1. The number of hydrogen-bond acceptors (Lipinski definition) is 7. The number of likely N-dealkylation sites (tertiary alicyclic amines) is 1. The Morgan fingerprint density at radius 1 is 1.21 bits per heavy atom. The maximum absolute atomic E-state index is 11.7. The first-order valence-electron chi connectivity index (χ1n) is 11.8. The van der Waals surface area contributed by atoms with Crippen LogP contribution in [0.5, 0.6) is 11.6 Å². The number of aromatic nitrogens is 2. The van der Waals surface area contributed by atoms with Gasteiger partial charge in [-0.25, -0.2) is 4.98 Å². The summed E-state index contributed by atoms with van der Waals surface area (Å²) in [6.45, 7) is 6.11. The predicted molar refractivity (Wildman–Crippen MR) is 135 cm³/mol. The zero-order valence-corrected chi connectivity index (χ0v) is 20.4. The van der Waals surface area contributed by atoms with Crippen LogP contribution in [0.1, 0.15) is 31.2 Å². The lowest BCUT2D eigenvalue weighted by atomic mass is 9.95. The number of fused-ring (bicyclic) bond motifs is 2. The van der Waals surface area contributed by atoms with Crippen LogP contribution in [0.15, 0.2) is 47.5 Å². The van der Waals surface area contributed by atoms with Gasteiger partial charge >= 0.3 is 0 Å². The average molecular weight is 479 g/mol. The van der Waals surface area contributed by atoms with E-state index in [2.05, 4.69) is 45.3 Å². The van der Waals surface area contributed by atoms with Gasteiger partial charge in [-0.15, -0.1) is 11.8 Å². The first-order chi connectivity index (χ1) is 16.6. The summed E-state index contributed by atoms with van der Waals surface area (Å²) in [6.07, 6.45) is 3.99. The molecule has 5 rings (SSSR count). The molecule has 1 aromatic carbocycles. The molecule has 4 heterocycles. The number of rotatable bonds is 7. The number of piperidine rings is 1. The van der Waals surface area contributed by atoms with Crippen molar-refractivity contribution in [3.63, 3.8) is 0 Å². The molecule has 1 saturated heterocycles. The lowest BCUT2D eigenvalue weighted by Crippen LogP contribution is -2.37. The normalized spacial score (nSPS) is 17.8. The first kappa shape index (κ1) is 22.9. The number of hydrogen-bond donors (Lipinski definition) is 1. The molecule has 1 atom stereocenters. The van der Waals surface area contributed by atoms with E-state index in [9.17, 15) is 4.79 Å². The van der Waals surface area contributed by atoms with Gasteiger partial charge in [0.25, 0.3) is 0 Å². The average Bonchev–Trinajstić information content (AvgIpc) is 2.87. The number of pyridine rings is 2. The van der Waals surface area contributed by atoms with Crippen LogP contribution in [0.2, 0.25) is 0 Å². The molecule has 178 valence electrons. The van der Waals surface area contributed by atoms with E-state index in [1.807, 2.05) is 18.2 Å². The highest BCUT2D eigenvalue weighted by Gasteiger charge is 2.23. The van der Waals surface area contributed by atoms with Crippen molar-refractivity contribution in [2.75, 3.05) is 44.4 Å². The van der Waals surface area contributed by atoms with Gasteiger partial charge in [0.2, 0.25) is 11.8 Å². The summed E-state index contributed by atoms with van der Waals surface area (Å²) in [5.41, 5.74) is 3.78. The Morgan fingerprint density at radius 2 is 2.06 bits per heavy atom. The Labute approximate surface area is 204 Å². The van der Waals surface area contributed by atoms with Crippen molar-refractivity contribution in [1.82, 2.24) is 14.9 Å². The summed E-state index contributed by atoms with van der Waals surface area (Å²) in [5, 5.41) is 3.01. The van der Waals surface area contributed by atoms with Gasteiger partial charge in [0, 0.05) is 29.8 Å². The van der Waals surface area contributed by atoms with E-state index < -0.39 is 0 Å². The number of nitrogens with zero attached hydrogens (tertiary/aromatic N) is 3. The zero-order chi connectivity index (χ0) is 23.5. The van der Waals surface area contributed by atoms with Gasteiger partial charge in [0.1, 0.15) is 11.3 Å². The monoisotopic (exact) mass is 478 g/mol. The molecular formula is C26H30N4O3S. The van der Waals surface area contributed by atoms with Gasteiger partial charge < -0.3 is 19.7 Å². The van der Waals surface area contributed by atoms with Crippen molar-refractivity contribution in [3.8, 4) is 11.6 Å². The number of amides is 1. The second-order valence-corrected chi connectivity index (χ2v) is 10.1. The number of anilines is 1. The molecular weight excluding hydrogens is 448 g/mol. The van der Waals surface area contributed by atoms with Crippen molar-refractivity contribution in [1.29, 1.82) is 0 Å². The molecule has 3 aromatic rings. The third kappa shape index (κ3) is 5.13. The van der Waals surface area contributed by atoms with Gasteiger partial charge in [0.15, 0.2) is 0 Å². The van der Waals surface area contributed by atoms with E-state index in [-0.39, 0.29) is 5.91 Å². The molecule has 0 saturated carbocycles. The molecule has 0 spiro atoms. The van der Waals surface area contributed by atoms with Crippen molar-refractivity contribution in [2.24, 2.45) is 5.92 Å². The van der Waals surface area contributed by atoms with Crippen LogP contribution >= 0.6 is 11.8 Å². The summed E-state index contributed by atoms with van der Waals surface area (Å²) in [5.74, 6) is 2.84. The summed E-state index contributed by atoms with van der Waals surface area (Å²) in [7, 11) is 1.61. The molecule has 0 radical (unpaired) electrons. The topological polar surface area (TPSA) is 76.6 Å². The third-order valence-corrected chi connectivity index (χ3v) is 7.72. The van der Waals surface area contributed by atoms with Crippen LogP contribution < -0.4 is 14.8 Å². The minimum Gasteiger partial charge on any atom is -0.491 e. The number of carbonyl (C=O) groups excluding carboxylic acids is 1. The Bertz CT molecular complexity index is 1180. The van der Waals surface area contributed by atoms with Crippen LogP contribution in [0.4, 0.5) is 5.69 Å². The molecule has 0 aliphatic carbocycles. The van der Waals surface area contributed by atoms with Gasteiger partial charge in [0.05, 0.1) is 30.7 Å². The molecule has 1 amide bonds. The van der Waals surface area contributed by atoms with Gasteiger partial charge in [-0.2, -0.15) is 0 Å². The standard InChI is InChI=1S/C26H30N4O3S/c1-17(19-3-5-23-21(13-19)28-24(31)16-34-23)14-30-11-8-18(9-12-30)15-33-22-7-10-27-20-4-6-25(32-2)29-26(20)22/h3-7,10,13,17-18H,8-9,11-12,14-16H2,1-2H3,(H,28,31). The second-order valence-electron chi connectivity index (χ2n) is 9.08. The molecule has 1 fully saturated rings. The highest BCUT2D eigenvalue weighted by Crippen LogP contribution is 2.34. The quantitative estimate of drug-likeness (QED) is 0.533. The highest BCUT2D eigenvalue weighted by atomic mass is 32.2. The summed E-state index contributed by atoms with van der Waals surface area (Å²) in [4.78, 5) is 24.3. The van der Waals surface area contributed by atoms with Gasteiger partial charge in [-0.05, 0) is 61.5 Å². The SMILES string of the molecule is COc1ccc2nccc(OCC3CCN(CC(C)c4ccc5c(c4)NC(=O)CS5)CC3)c2n1. The third-order valence-electron chi connectivity index (χ3n) is 6.65. The number of benzene rings is 1. The molecule has 7 nitrogen and oxygen atoms in total. The van der Waals surface area contributed by atoms with E-state index in [4.69, 9.17) is 9.47 Å². The number of thioether (sulfide) groups is 1. The lowest BCUT2D eigenvalue weighted by molar-refractivity contribution is -0.113. The highest BCUT2D eigenvalue weighted by molar-refractivity contribution is 8.00. The zero-order valence-electron chi connectivity index (χ0n) is 19.6. The summed E-state index contributed by atoms with van der Waals surface area (Å²) < 4.78 is 11.5. The minimum absolute atomic E-state index is 0.0845. The molecule has 34 heavy (non-hydrogen) atoms. The van der Waals surface area contributed by atoms with E-state index in [0.29, 0.717) is 30.1 Å². The molecule has 2 aliphatic rings. The minimum atomic E-state index is 0.0845. The Morgan fingerprint density at radius 3 is 2.88 bits per heavy atom. The Balaban J connectivity index is 1.13. The number of methoxy groups -OCH3 is 1. The number of ether oxygens (including phenoxy) is 2. The maximum Gasteiger partial charge on any atom is 0.234 e. The predicted octanol–water partition coefficient (Wildman–Crippen LogP) is 4.58. The maximum atomic E-state index is 11.7. The molecule has 2 aliphatic heterocycles. The Kier molecular flexibility index (Phi) is 6.87. The largest absolute Gasteiger partial charge is 0.491 e. The first-order valence-corrected chi connectivity index (χ1v) is 12.8. The molecule has 2 aromatic heterocycles. The second kappa shape index (κ2) is 10.2. The van der Waals surface area contributed by atoms with E-state index in [1.54, 1.807) is 25.1 Å². The van der Waals surface area contributed by atoms with Crippen LogP contribution in [-0.2, 0) is 4.79 Å². The fourth-order valence-corrected chi connectivity index (χ4v) is 5.45. The lowest BCUT2D eigenvalue weighted by Gasteiger charge is -2.33. The van der Waals surface area contributed by atoms with Crippen LogP contribution in [0, 0.1) is 5.92 Å². The van der Waals surface area contributed by atoms with Crippen molar-refractivity contribution in [2.45, 2.75) is 30.6 Å². The van der Waals surface area contributed by atoms with Crippen LogP contribution in [0.25, 0.3) is 11.0 Å². The van der Waals surface area contributed by atoms with Crippen molar-refractivity contribution >= 4 is 34.4 Å². The van der Waals surface area contributed by atoms with E-state index in [0.717, 1.165) is 59.8 Å². The fourth-order valence-electron chi connectivity index (χ4n) is 4.66. The molecule has 1 N–H and O–H groups in total.